The Labute approximate surface area is 194 Å². The molecule has 1 N–H and O–H groups in total. The average Bonchev–Trinajstić information content (AvgIpc) is 3.33. The molecule has 0 bridgehead atoms. The van der Waals surface area contributed by atoms with Gasteiger partial charge >= 0.3 is 5.97 Å². The first kappa shape index (κ1) is 22.3. The molecule has 0 spiro atoms. The van der Waals surface area contributed by atoms with Gasteiger partial charge in [-0.3, -0.25) is 4.79 Å². The predicted molar refractivity (Wildman–Crippen MR) is 126 cm³/mol. The summed E-state index contributed by atoms with van der Waals surface area (Å²) in [7, 11) is 1.37. The van der Waals surface area contributed by atoms with Gasteiger partial charge in [-0.25, -0.2) is 4.79 Å². The van der Waals surface area contributed by atoms with Gasteiger partial charge in [0.25, 0.3) is 5.22 Å². The Bertz CT molecular complexity index is 1120. The minimum atomic E-state index is -0.404. The molecule has 166 valence electrons. The second kappa shape index (κ2) is 10.6. The maximum Gasteiger partial charge on any atom is 0.341 e. The third-order valence-corrected chi connectivity index (χ3v) is 7.06. The van der Waals surface area contributed by atoms with Gasteiger partial charge in [-0.2, -0.15) is 0 Å². The number of hydrogen-bond donors (Lipinski definition) is 1. The van der Waals surface area contributed by atoms with Gasteiger partial charge in [0.15, 0.2) is 0 Å². The van der Waals surface area contributed by atoms with Gasteiger partial charge in [0.05, 0.1) is 18.4 Å². The zero-order valence-corrected chi connectivity index (χ0v) is 19.3. The number of carbonyl (C=O) groups excluding carboxylic acids is 2. The Hall–Kier alpha value is -2.91. The highest BCUT2D eigenvalue weighted by Crippen LogP contribution is 2.38. The molecule has 2 heterocycles. The number of fused-ring (bicyclic) bond motifs is 1. The molecule has 0 saturated heterocycles. The van der Waals surface area contributed by atoms with Crippen LogP contribution in [0.2, 0.25) is 0 Å². The Balaban J connectivity index is 1.38. The van der Waals surface area contributed by atoms with Crippen molar-refractivity contribution in [2.24, 2.45) is 0 Å². The number of thiophene rings is 1. The summed E-state index contributed by atoms with van der Waals surface area (Å²) in [6, 6.07) is 9.79. The molecular weight excluding hydrogens is 446 g/mol. The molecule has 2 aromatic heterocycles. The third kappa shape index (κ3) is 5.46. The summed E-state index contributed by atoms with van der Waals surface area (Å²) in [5.74, 6) is -0.185. The number of amides is 1. The first-order valence-electron chi connectivity index (χ1n) is 10.4. The molecular formula is C23H23N3O4S2. The van der Waals surface area contributed by atoms with E-state index >= 15 is 0 Å². The van der Waals surface area contributed by atoms with E-state index in [1.807, 2.05) is 36.4 Å². The Morgan fingerprint density at radius 3 is 2.78 bits per heavy atom. The molecule has 0 fully saturated rings. The third-order valence-electron chi connectivity index (χ3n) is 5.03. The number of aryl methyl sites for hydroxylation is 1. The minimum Gasteiger partial charge on any atom is -0.465 e. The van der Waals surface area contributed by atoms with E-state index in [-0.39, 0.29) is 11.7 Å². The zero-order valence-electron chi connectivity index (χ0n) is 17.6. The van der Waals surface area contributed by atoms with E-state index in [1.165, 1.54) is 18.4 Å². The molecule has 9 heteroatoms. The number of rotatable bonds is 7. The van der Waals surface area contributed by atoms with Gasteiger partial charge in [0.2, 0.25) is 11.8 Å². The molecule has 4 rings (SSSR count). The Kier molecular flexibility index (Phi) is 7.39. The van der Waals surface area contributed by atoms with E-state index in [0.717, 1.165) is 59.9 Å². The number of anilines is 1. The van der Waals surface area contributed by atoms with Crippen LogP contribution in [0.15, 0.2) is 40.0 Å². The molecule has 0 radical (unpaired) electrons. The van der Waals surface area contributed by atoms with Crippen LogP contribution in [0.3, 0.4) is 0 Å². The number of carbonyl (C=O) groups is 2. The molecule has 0 saturated carbocycles. The lowest BCUT2D eigenvalue weighted by Gasteiger charge is -2.07. The van der Waals surface area contributed by atoms with Crippen LogP contribution >= 0.6 is 23.1 Å². The summed E-state index contributed by atoms with van der Waals surface area (Å²) < 4.78 is 10.6. The van der Waals surface area contributed by atoms with E-state index in [0.29, 0.717) is 21.7 Å². The number of thioether (sulfide) groups is 1. The first-order chi connectivity index (χ1) is 15.6. The number of hydrogen-bond acceptors (Lipinski definition) is 8. The molecule has 0 aliphatic heterocycles. The molecule has 32 heavy (non-hydrogen) atoms. The van der Waals surface area contributed by atoms with Crippen LogP contribution < -0.4 is 5.32 Å². The maximum atomic E-state index is 12.6. The lowest BCUT2D eigenvalue weighted by molar-refractivity contribution is -0.113. The van der Waals surface area contributed by atoms with Crippen LogP contribution in [-0.2, 0) is 22.4 Å². The van der Waals surface area contributed by atoms with Gasteiger partial charge in [-0.1, -0.05) is 48.5 Å². The normalized spacial score (nSPS) is 13.5. The van der Waals surface area contributed by atoms with Crippen LogP contribution in [0.25, 0.3) is 12.2 Å². The van der Waals surface area contributed by atoms with Gasteiger partial charge < -0.3 is 14.5 Å². The van der Waals surface area contributed by atoms with Crippen molar-refractivity contribution in [2.75, 3.05) is 18.2 Å². The summed E-state index contributed by atoms with van der Waals surface area (Å²) in [6.45, 7) is 0. The molecule has 1 aromatic carbocycles. The van der Waals surface area contributed by atoms with E-state index in [2.05, 4.69) is 15.5 Å². The number of nitrogens with zero attached hydrogens (tertiary/aromatic N) is 2. The molecule has 1 amide bonds. The number of esters is 1. The van der Waals surface area contributed by atoms with E-state index < -0.39 is 5.97 Å². The Morgan fingerprint density at radius 2 is 1.97 bits per heavy atom. The monoisotopic (exact) mass is 469 g/mol. The van der Waals surface area contributed by atoms with Gasteiger partial charge in [0.1, 0.15) is 5.00 Å². The predicted octanol–water partition coefficient (Wildman–Crippen LogP) is 5.09. The van der Waals surface area contributed by atoms with Crippen LogP contribution in [0, 0.1) is 0 Å². The minimum absolute atomic E-state index is 0.0905. The maximum absolute atomic E-state index is 12.6. The number of nitrogens with one attached hydrogen (secondary N) is 1. The number of methoxy groups -OCH3 is 1. The second-order valence-corrected chi connectivity index (χ2v) is 9.28. The zero-order chi connectivity index (χ0) is 22.3. The van der Waals surface area contributed by atoms with Crippen molar-refractivity contribution in [3.05, 3.63) is 57.8 Å². The van der Waals surface area contributed by atoms with Crippen LogP contribution in [0.4, 0.5) is 5.00 Å². The quantitative estimate of drug-likeness (QED) is 0.293. The van der Waals surface area contributed by atoms with Gasteiger partial charge in [0, 0.05) is 11.0 Å². The number of aromatic nitrogens is 2. The second-order valence-electron chi connectivity index (χ2n) is 7.25. The first-order valence-corrected chi connectivity index (χ1v) is 12.2. The highest BCUT2D eigenvalue weighted by Gasteiger charge is 2.26. The average molecular weight is 470 g/mol. The fourth-order valence-electron chi connectivity index (χ4n) is 3.52. The Morgan fingerprint density at radius 1 is 1.16 bits per heavy atom. The molecule has 7 nitrogen and oxygen atoms in total. The number of benzene rings is 1. The van der Waals surface area contributed by atoms with Crippen molar-refractivity contribution < 1.29 is 18.7 Å². The van der Waals surface area contributed by atoms with Crippen LogP contribution in [0.1, 0.15) is 51.5 Å². The molecule has 1 aliphatic carbocycles. The fraction of sp³-hybridized carbons (Fsp3) is 0.304. The van der Waals surface area contributed by atoms with Crippen molar-refractivity contribution in [3.8, 4) is 0 Å². The largest absolute Gasteiger partial charge is 0.465 e. The lowest BCUT2D eigenvalue weighted by Crippen LogP contribution is -2.16. The number of ether oxygens (including phenoxy) is 1. The molecule has 0 atom stereocenters. The summed E-state index contributed by atoms with van der Waals surface area (Å²) >= 11 is 2.63. The highest BCUT2D eigenvalue weighted by atomic mass is 32.2. The molecule has 3 aromatic rings. The van der Waals surface area contributed by atoms with E-state index in [4.69, 9.17) is 9.15 Å². The fourth-order valence-corrected chi connectivity index (χ4v) is 5.38. The van der Waals surface area contributed by atoms with Gasteiger partial charge in [-0.05, 0) is 42.9 Å². The molecule has 0 unspecified atom stereocenters. The summed E-state index contributed by atoms with van der Waals surface area (Å²) in [5.41, 5.74) is 2.54. The van der Waals surface area contributed by atoms with Crippen molar-refractivity contribution in [2.45, 2.75) is 37.3 Å². The van der Waals surface area contributed by atoms with E-state index in [1.54, 1.807) is 6.08 Å². The summed E-state index contributed by atoms with van der Waals surface area (Å²) in [6.07, 6.45) is 8.65. The van der Waals surface area contributed by atoms with Crippen molar-refractivity contribution >= 4 is 52.1 Å². The summed E-state index contributed by atoms with van der Waals surface area (Å²) in [5, 5.41) is 11.7. The topological polar surface area (TPSA) is 94.3 Å². The van der Waals surface area contributed by atoms with Crippen LogP contribution in [-0.4, -0.2) is 34.9 Å². The van der Waals surface area contributed by atoms with Crippen molar-refractivity contribution in [1.29, 1.82) is 0 Å². The molecule has 1 aliphatic rings. The van der Waals surface area contributed by atoms with Crippen LogP contribution in [0.5, 0.6) is 0 Å². The van der Waals surface area contributed by atoms with Gasteiger partial charge in [-0.15, -0.1) is 21.5 Å². The summed E-state index contributed by atoms with van der Waals surface area (Å²) in [4.78, 5) is 26.1. The van der Waals surface area contributed by atoms with E-state index in [9.17, 15) is 9.59 Å². The SMILES string of the molecule is COC(=O)c1c(NC(=O)CSc2nnc(/C=C/c3ccccc3)o2)sc2c1CCCCC2. The van der Waals surface area contributed by atoms with Crippen molar-refractivity contribution in [1.82, 2.24) is 10.2 Å². The lowest BCUT2D eigenvalue weighted by atomic mass is 10.1. The highest BCUT2D eigenvalue weighted by molar-refractivity contribution is 7.99. The van der Waals surface area contributed by atoms with Crippen molar-refractivity contribution in [3.63, 3.8) is 0 Å². The standard InChI is InChI=1S/C23H23N3O4S2/c1-29-22(28)20-16-10-6-3-7-11-17(16)32-21(20)24-18(27)14-31-23-26-25-19(30-23)13-12-15-8-4-2-5-9-15/h2,4-5,8-9,12-13H,3,6-7,10-11,14H2,1H3,(H,24,27)/b13-12+. The smallest absolute Gasteiger partial charge is 0.341 e.